The van der Waals surface area contributed by atoms with Gasteiger partial charge >= 0.3 is 0 Å². The van der Waals surface area contributed by atoms with Crippen LogP contribution in [0.4, 0.5) is 0 Å². The van der Waals surface area contributed by atoms with Crippen molar-refractivity contribution in [1.29, 1.82) is 0 Å². The third-order valence-corrected chi connectivity index (χ3v) is 3.56. The van der Waals surface area contributed by atoms with Gasteiger partial charge in [0.05, 0.1) is 6.54 Å². The van der Waals surface area contributed by atoms with Gasteiger partial charge in [-0.25, -0.2) is 0 Å². The number of hydrogen-bond acceptors (Lipinski definition) is 4. The second kappa shape index (κ2) is 7.25. The Morgan fingerprint density at radius 1 is 0.720 bits per heavy atom. The second-order valence-electron chi connectivity index (χ2n) is 6.60. The molecule has 0 aliphatic carbocycles. The molecule has 25 heavy (non-hydrogen) atoms. The van der Waals surface area contributed by atoms with Gasteiger partial charge in [0.15, 0.2) is 0 Å². The minimum Gasteiger partial charge on any atom is -0.271 e. The third kappa shape index (κ3) is 4.50. The summed E-state index contributed by atoms with van der Waals surface area (Å²) in [5.74, 6) is -0.914. The molecule has 1 aromatic carbocycles. The Hall–Kier alpha value is -3.02. The van der Waals surface area contributed by atoms with Crippen molar-refractivity contribution in [2.24, 2.45) is 0 Å². The van der Waals surface area contributed by atoms with Crippen molar-refractivity contribution in [3.63, 3.8) is 0 Å². The van der Waals surface area contributed by atoms with E-state index < -0.39 is 5.54 Å². The Morgan fingerprint density at radius 2 is 1.16 bits per heavy atom. The molecule has 0 radical (unpaired) electrons. The largest absolute Gasteiger partial charge is 0.271 e. The Labute approximate surface area is 146 Å². The molecule has 0 saturated carbocycles. The molecule has 0 fully saturated rings. The minimum atomic E-state index is -0.405. The topological polar surface area (TPSA) is 74.8 Å². The summed E-state index contributed by atoms with van der Waals surface area (Å²) in [5.41, 5.74) is 0.551. The Kier molecular flexibility index (Phi) is 5.32. The zero-order valence-electron chi connectivity index (χ0n) is 14.4. The highest BCUT2D eigenvalue weighted by molar-refractivity contribution is 6.13. The molecule has 0 aromatic heterocycles. The summed E-state index contributed by atoms with van der Waals surface area (Å²) in [7, 11) is 0. The van der Waals surface area contributed by atoms with Gasteiger partial charge in [0, 0.05) is 29.8 Å². The second-order valence-corrected chi connectivity index (χ2v) is 6.60. The first-order valence-electron chi connectivity index (χ1n) is 7.84. The van der Waals surface area contributed by atoms with Gasteiger partial charge < -0.3 is 0 Å². The summed E-state index contributed by atoms with van der Waals surface area (Å²) in [5, 5.41) is 0. The molecule has 2 aliphatic rings. The average Bonchev–Trinajstić information content (AvgIpc) is 3.05. The van der Waals surface area contributed by atoms with E-state index in [2.05, 4.69) is 0 Å². The highest BCUT2D eigenvalue weighted by atomic mass is 16.2. The average molecular weight is 340 g/mol. The number of amides is 4. The predicted octanol–water partition coefficient (Wildman–Crippen LogP) is 1.82. The number of imide groups is 2. The van der Waals surface area contributed by atoms with Gasteiger partial charge in [0.2, 0.25) is 0 Å². The lowest BCUT2D eigenvalue weighted by molar-refractivity contribution is -0.142. The summed E-state index contributed by atoms with van der Waals surface area (Å²) in [6, 6.07) is 9.44. The van der Waals surface area contributed by atoms with Crippen LogP contribution >= 0.6 is 0 Å². The molecule has 3 rings (SSSR count). The number of rotatable bonds is 2. The lowest BCUT2D eigenvalue weighted by Crippen LogP contribution is -2.45. The van der Waals surface area contributed by atoms with E-state index >= 15 is 0 Å². The fourth-order valence-electron chi connectivity index (χ4n) is 2.41. The van der Waals surface area contributed by atoms with Gasteiger partial charge in [-0.3, -0.25) is 29.0 Å². The van der Waals surface area contributed by atoms with Crippen molar-refractivity contribution < 1.29 is 19.2 Å². The van der Waals surface area contributed by atoms with Gasteiger partial charge in [-0.1, -0.05) is 30.3 Å². The van der Waals surface area contributed by atoms with Crippen LogP contribution in [0.5, 0.6) is 0 Å². The maximum Gasteiger partial charge on any atom is 0.254 e. The monoisotopic (exact) mass is 340 g/mol. The van der Waals surface area contributed by atoms with E-state index in [0.717, 1.165) is 5.56 Å². The molecule has 0 spiro atoms. The van der Waals surface area contributed by atoms with Crippen molar-refractivity contribution in [3.05, 3.63) is 60.2 Å². The molecule has 2 heterocycles. The summed E-state index contributed by atoms with van der Waals surface area (Å²) in [6.07, 6.45) is 5.19. The summed E-state index contributed by atoms with van der Waals surface area (Å²) >= 11 is 0. The van der Waals surface area contributed by atoms with Crippen molar-refractivity contribution in [2.45, 2.75) is 32.9 Å². The standard InChI is InChI=1S/C11H9NO2.C8H11NO2/c13-10-6-7-11(14)12(10)8-9-4-2-1-3-5-9;1-8(2,3)9-6(10)4-5-7(9)11/h1-7H,8H2;4-5H,1-3H3. The number of hydrogen-bond donors (Lipinski definition) is 0. The highest BCUT2D eigenvalue weighted by Gasteiger charge is 2.33. The summed E-state index contributed by atoms with van der Waals surface area (Å²) < 4.78 is 0. The molecule has 2 aliphatic heterocycles. The maximum absolute atomic E-state index is 11.2. The van der Waals surface area contributed by atoms with Crippen LogP contribution in [-0.2, 0) is 25.7 Å². The van der Waals surface area contributed by atoms with Gasteiger partial charge in [-0.05, 0) is 26.3 Å². The highest BCUT2D eigenvalue weighted by Crippen LogP contribution is 2.18. The first kappa shape index (κ1) is 18.3. The van der Waals surface area contributed by atoms with Gasteiger partial charge in [0.1, 0.15) is 0 Å². The van der Waals surface area contributed by atoms with Crippen LogP contribution in [0.3, 0.4) is 0 Å². The Bertz CT molecular complexity index is 721. The quantitative estimate of drug-likeness (QED) is 0.770. The lowest BCUT2D eigenvalue weighted by atomic mass is 10.1. The zero-order chi connectivity index (χ0) is 18.6. The Morgan fingerprint density at radius 3 is 1.56 bits per heavy atom. The van der Waals surface area contributed by atoms with E-state index in [1.165, 1.54) is 34.1 Å². The normalized spacial score (nSPS) is 16.6. The first-order valence-corrected chi connectivity index (χ1v) is 7.84. The van der Waals surface area contributed by atoms with Crippen LogP contribution in [0.15, 0.2) is 54.6 Å². The molecular formula is C19H20N2O4. The lowest BCUT2D eigenvalue weighted by Gasteiger charge is -2.29. The molecule has 130 valence electrons. The van der Waals surface area contributed by atoms with Crippen molar-refractivity contribution in [1.82, 2.24) is 9.80 Å². The van der Waals surface area contributed by atoms with Crippen LogP contribution in [0.1, 0.15) is 26.3 Å². The summed E-state index contributed by atoms with van der Waals surface area (Å²) in [6.45, 7) is 5.84. The van der Waals surface area contributed by atoms with Crippen LogP contribution in [-0.4, -0.2) is 39.0 Å². The molecular weight excluding hydrogens is 320 g/mol. The smallest absolute Gasteiger partial charge is 0.254 e. The van der Waals surface area contributed by atoms with E-state index in [1.54, 1.807) is 0 Å². The molecule has 0 N–H and O–H groups in total. The predicted molar refractivity (Wildman–Crippen MR) is 91.9 cm³/mol. The minimum absolute atomic E-state index is 0.220. The number of carbonyl (C=O) groups excluding carboxylic acids is 4. The van der Waals surface area contributed by atoms with E-state index in [0.29, 0.717) is 6.54 Å². The molecule has 0 bridgehead atoms. The van der Waals surface area contributed by atoms with E-state index in [4.69, 9.17) is 0 Å². The molecule has 6 nitrogen and oxygen atoms in total. The number of benzene rings is 1. The third-order valence-electron chi connectivity index (χ3n) is 3.56. The number of nitrogens with zero attached hydrogens (tertiary/aromatic N) is 2. The molecule has 6 heteroatoms. The van der Waals surface area contributed by atoms with E-state index in [1.807, 2.05) is 51.1 Å². The SMILES string of the molecule is CC(C)(C)N1C(=O)C=CC1=O.O=C1C=CC(=O)N1Cc1ccccc1. The van der Waals surface area contributed by atoms with Gasteiger partial charge in [-0.2, -0.15) is 0 Å². The number of carbonyl (C=O) groups is 4. The van der Waals surface area contributed by atoms with Crippen molar-refractivity contribution in [3.8, 4) is 0 Å². The van der Waals surface area contributed by atoms with Crippen molar-refractivity contribution in [2.75, 3.05) is 0 Å². The molecule has 0 saturated heterocycles. The molecule has 0 unspecified atom stereocenters. The van der Waals surface area contributed by atoms with Crippen molar-refractivity contribution >= 4 is 23.6 Å². The maximum atomic E-state index is 11.2. The molecule has 0 atom stereocenters. The zero-order valence-corrected chi connectivity index (χ0v) is 14.4. The fraction of sp³-hybridized carbons (Fsp3) is 0.263. The Balaban J connectivity index is 0.000000186. The molecule has 4 amide bonds. The van der Waals surface area contributed by atoms with Crippen LogP contribution in [0.25, 0.3) is 0 Å². The van der Waals surface area contributed by atoms with E-state index in [9.17, 15) is 19.2 Å². The van der Waals surface area contributed by atoms with Crippen LogP contribution in [0.2, 0.25) is 0 Å². The van der Waals surface area contributed by atoms with Crippen LogP contribution < -0.4 is 0 Å². The van der Waals surface area contributed by atoms with Gasteiger partial charge in [-0.15, -0.1) is 0 Å². The fourth-order valence-corrected chi connectivity index (χ4v) is 2.41. The molecule has 1 aromatic rings. The summed E-state index contributed by atoms with van der Waals surface area (Å²) in [4.78, 5) is 47.0. The van der Waals surface area contributed by atoms with Gasteiger partial charge in [0.25, 0.3) is 23.6 Å². The van der Waals surface area contributed by atoms with E-state index in [-0.39, 0.29) is 23.6 Å². The first-order chi connectivity index (χ1) is 11.7. The van der Waals surface area contributed by atoms with Crippen LogP contribution in [0, 0.1) is 0 Å².